The SMILES string of the molecule is CC1Oc2ccccc2N(CC(=O)Nc2ccc(-n3cnc4ccccc43)cc2)C1=O. The number of nitrogens with zero attached hydrogens (tertiary/aromatic N) is 3. The summed E-state index contributed by atoms with van der Waals surface area (Å²) >= 11 is 0. The molecule has 154 valence electrons. The van der Waals surface area contributed by atoms with Crippen LogP contribution < -0.4 is 15.0 Å². The molecule has 0 spiro atoms. The quantitative estimate of drug-likeness (QED) is 0.554. The highest BCUT2D eigenvalue weighted by Crippen LogP contribution is 2.33. The van der Waals surface area contributed by atoms with E-state index in [1.54, 1.807) is 25.4 Å². The minimum atomic E-state index is -0.632. The van der Waals surface area contributed by atoms with Crippen molar-refractivity contribution in [2.45, 2.75) is 13.0 Å². The van der Waals surface area contributed by atoms with Crippen LogP contribution in [0.4, 0.5) is 11.4 Å². The summed E-state index contributed by atoms with van der Waals surface area (Å²) in [5.41, 5.74) is 4.13. The molecule has 0 saturated carbocycles. The van der Waals surface area contributed by atoms with Gasteiger partial charge >= 0.3 is 0 Å². The Kier molecular flexibility index (Phi) is 4.63. The maximum atomic E-state index is 12.7. The number of benzene rings is 3. The fourth-order valence-corrected chi connectivity index (χ4v) is 3.74. The molecule has 0 radical (unpaired) electrons. The molecule has 1 aliphatic rings. The van der Waals surface area contributed by atoms with Gasteiger partial charge in [-0.25, -0.2) is 4.98 Å². The molecule has 1 aromatic heterocycles. The van der Waals surface area contributed by atoms with Gasteiger partial charge in [0.25, 0.3) is 5.91 Å². The molecular formula is C24H20N4O3. The molecule has 7 nitrogen and oxygen atoms in total. The van der Waals surface area contributed by atoms with Crippen molar-refractivity contribution in [1.82, 2.24) is 9.55 Å². The highest BCUT2D eigenvalue weighted by Gasteiger charge is 2.32. The molecule has 5 rings (SSSR count). The van der Waals surface area contributed by atoms with Crippen LogP contribution in [0.1, 0.15) is 6.92 Å². The van der Waals surface area contributed by atoms with E-state index in [2.05, 4.69) is 10.3 Å². The summed E-state index contributed by atoms with van der Waals surface area (Å²) in [4.78, 5) is 31.1. The molecule has 1 aliphatic heterocycles. The van der Waals surface area contributed by atoms with Crippen molar-refractivity contribution in [3.63, 3.8) is 0 Å². The molecule has 31 heavy (non-hydrogen) atoms. The van der Waals surface area contributed by atoms with Gasteiger partial charge in [-0.1, -0.05) is 24.3 Å². The topological polar surface area (TPSA) is 76.5 Å². The van der Waals surface area contributed by atoms with E-state index in [0.29, 0.717) is 17.1 Å². The Bertz CT molecular complexity index is 1280. The van der Waals surface area contributed by atoms with E-state index in [9.17, 15) is 9.59 Å². The minimum Gasteiger partial charge on any atom is -0.479 e. The first-order valence-corrected chi connectivity index (χ1v) is 9.99. The second kappa shape index (κ2) is 7.60. The van der Waals surface area contributed by atoms with Crippen molar-refractivity contribution in [2.24, 2.45) is 0 Å². The highest BCUT2D eigenvalue weighted by atomic mass is 16.5. The van der Waals surface area contributed by atoms with Crippen molar-refractivity contribution < 1.29 is 14.3 Å². The third kappa shape index (κ3) is 3.50. The summed E-state index contributed by atoms with van der Waals surface area (Å²) in [6.45, 7) is 1.60. The van der Waals surface area contributed by atoms with Crippen molar-refractivity contribution in [3.8, 4) is 11.4 Å². The van der Waals surface area contributed by atoms with Gasteiger partial charge in [0.15, 0.2) is 6.10 Å². The number of carbonyl (C=O) groups is 2. The van der Waals surface area contributed by atoms with E-state index in [-0.39, 0.29) is 18.4 Å². The molecule has 4 aromatic rings. The maximum Gasteiger partial charge on any atom is 0.268 e. The molecule has 1 atom stereocenters. The lowest BCUT2D eigenvalue weighted by atomic mass is 10.2. The lowest BCUT2D eigenvalue weighted by molar-refractivity contribution is -0.127. The number of nitrogens with one attached hydrogen (secondary N) is 1. The van der Waals surface area contributed by atoms with Crippen LogP contribution >= 0.6 is 0 Å². The van der Waals surface area contributed by atoms with Gasteiger partial charge in [-0.15, -0.1) is 0 Å². The first kappa shape index (κ1) is 18.9. The van der Waals surface area contributed by atoms with E-state index >= 15 is 0 Å². The van der Waals surface area contributed by atoms with Crippen LogP contribution in [0.3, 0.4) is 0 Å². The molecule has 7 heteroatoms. The van der Waals surface area contributed by atoms with Crippen LogP contribution in [0.15, 0.2) is 79.1 Å². The number of hydrogen-bond acceptors (Lipinski definition) is 4. The number of rotatable bonds is 4. The van der Waals surface area contributed by atoms with E-state index in [0.717, 1.165) is 16.7 Å². The summed E-state index contributed by atoms with van der Waals surface area (Å²) < 4.78 is 7.61. The van der Waals surface area contributed by atoms with Crippen LogP contribution in [0.2, 0.25) is 0 Å². The molecule has 0 fully saturated rings. The summed E-state index contributed by atoms with van der Waals surface area (Å²) in [6.07, 6.45) is 1.15. The van der Waals surface area contributed by atoms with Gasteiger partial charge in [0.2, 0.25) is 5.91 Å². The Morgan fingerprint density at radius 1 is 1.03 bits per heavy atom. The molecule has 3 aromatic carbocycles. The van der Waals surface area contributed by atoms with Crippen LogP contribution in [0.25, 0.3) is 16.7 Å². The third-order valence-corrected chi connectivity index (χ3v) is 5.26. The number of aromatic nitrogens is 2. The standard InChI is InChI=1S/C24H20N4O3/c1-16-24(30)27(21-8-4-5-9-22(21)31-16)14-23(29)26-17-10-12-18(13-11-17)28-15-25-19-6-2-3-7-20(19)28/h2-13,15-16H,14H2,1H3,(H,26,29). The van der Waals surface area contributed by atoms with Crippen molar-refractivity contribution in [1.29, 1.82) is 0 Å². The van der Waals surface area contributed by atoms with E-state index in [1.165, 1.54) is 4.90 Å². The second-order valence-corrected chi connectivity index (χ2v) is 7.35. The molecule has 2 amide bonds. The Morgan fingerprint density at radius 3 is 2.61 bits per heavy atom. The number of fused-ring (bicyclic) bond motifs is 2. The Morgan fingerprint density at radius 2 is 1.77 bits per heavy atom. The Balaban J connectivity index is 1.32. The van der Waals surface area contributed by atoms with Crippen molar-refractivity contribution in [2.75, 3.05) is 16.8 Å². The van der Waals surface area contributed by atoms with Crippen LogP contribution in [-0.4, -0.2) is 34.0 Å². The number of carbonyl (C=O) groups excluding carboxylic acids is 2. The van der Waals surface area contributed by atoms with Gasteiger partial charge in [-0.2, -0.15) is 0 Å². The van der Waals surface area contributed by atoms with Crippen LogP contribution in [0, 0.1) is 0 Å². The van der Waals surface area contributed by atoms with Gasteiger partial charge in [0, 0.05) is 11.4 Å². The molecule has 1 unspecified atom stereocenters. The summed E-state index contributed by atoms with van der Waals surface area (Å²) in [6, 6.07) is 22.6. The van der Waals surface area contributed by atoms with Crippen molar-refractivity contribution in [3.05, 3.63) is 79.1 Å². The number of ether oxygens (including phenoxy) is 1. The number of imidazole rings is 1. The molecule has 0 aliphatic carbocycles. The Labute approximate surface area is 178 Å². The molecule has 0 saturated heterocycles. The molecular weight excluding hydrogens is 392 g/mol. The van der Waals surface area contributed by atoms with Gasteiger partial charge in [-0.05, 0) is 55.5 Å². The van der Waals surface area contributed by atoms with Gasteiger partial charge in [0.05, 0.1) is 16.7 Å². The predicted molar refractivity (Wildman–Crippen MR) is 119 cm³/mol. The fourth-order valence-electron chi connectivity index (χ4n) is 3.74. The molecule has 1 N–H and O–H groups in total. The fraction of sp³-hybridized carbons (Fsp3) is 0.125. The maximum absolute atomic E-state index is 12.7. The van der Waals surface area contributed by atoms with Gasteiger partial charge in [0.1, 0.15) is 18.6 Å². The lowest BCUT2D eigenvalue weighted by Gasteiger charge is -2.32. The summed E-state index contributed by atoms with van der Waals surface area (Å²) in [7, 11) is 0. The molecule has 2 heterocycles. The smallest absolute Gasteiger partial charge is 0.268 e. The van der Waals surface area contributed by atoms with Crippen molar-refractivity contribution >= 4 is 34.2 Å². The largest absolute Gasteiger partial charge is 0.479 e. The zero-order chi connectivity index (χ0) is 21.4. The predicted octanol–water partition coefficient (Wildman–Crippen LogP) is 3.78. The second-order valence-electron chi connectivity index (χ2n) is 7.35. The number of anilines is 2. The van der Waals surface area contributed by atoms with Gasteiger partial charge < -0.3 is 10.1 Å². The van der Waals surface area contributed by atoms with Gasteiger partial charge in [-0.3, -0.25) is 19.1 Å². The lowest BCUT2D eigenvalue weighted by Crippen LogP contribution is -2.47. The zero-order valence-corrected chi connectivity index (χ0v) is 16.9. The van der Waals surface area contributed by atoms with E-state index in [1.807, 2.05) is 65.2 Å². The summed E-state index contributed by atoms with van der Waals surface area (Å²) in [5, 5.41) is 2.87. The number of para-hydroxylation sites is 4. The highest BCUT2D eigenvalue weighted by molar-refractivity contribution is 6.06. The monoisotopic (exact) mass is 412 g/mol. The Hall–Kier alpha value is -4.13. The van der Waals surface area contributed by atoms with Crippen LogP contribution in [-0.2, 0) is 9.59 Å². The van der Waals surface area contributed by atoms with E-state index in [4.69, 9.17) is 4.74 Å². The zero-order valence-electron chi connectivity index (χ0n) is 16.9. The molecule has 0 bridgehead atoms. The van der Waals surface area contributed by atoms with Crippen LogP contribution in [0.5, 0.6) is 5.75 Å². The average molecular weight is 412 g/mol. The van der Waals surface area contributed by atoms with E-state index < -0.39 is 6.10 Å². The average Bonchev–Trinajstić information content (AvgIpc) is 3.22. The summed E-state index contributed by atoms with van der Waals surface area (Å²) in [5.74, 6) is 0.0774. The minimum absolute atomic E-state index is 0.0859. The third-order valence-electron chi connectivity index (χ3n) is 5.26. The number of amides is 2. The first-order valence-electron chi connectivity index (χ1n) is 9.99. The normalized spacial score (nSPS) is 15.5. The number of hydrogen-bond donors (Lipinski definition) is 1. The first-order chi connectivity index (χ1) is 15.1.